The molecule has 9 heteroatoms. The maximum absolute atomic E-state index is 13.1. The van der Waals surface area contributed by atoms with Gasteiger partial charge in [-0.25, -0.2) is 9.59 Å². The Kier molecular flexibility index (Phi) is 9.55. The van der Waals surface area contributed by atoms with Gasteiger partial charge in [0.25, 0.3) is 0 Å². The third-order valence-corrected chi connectivity index (χ3v) is 5.87. The van der Waals surface area contributed by atoms with Gasteiger partial charge in [-0.05, 0) is 40.0 Å². The highest BCUT2D eigenvalue weighted by atomic mass is 16.6. The van der Waals surface area contributed by atoms with Gasteiger partial charge < -0.3 is 24.3 Å². The summed E-state index contributed by atoms with van der Waals surface area (Å²) in [6.07, 6.45) is 3.13. The Hall–Kier alpha value is -2.32. The van der Waals surface area contributed by atoms with Crippen LogP contribution >= 0.6 is 0 Å². The van der Waals surface area contributed by atoms with E-state index in [-0.39, 0.29) is 0 Å². The number of rotatable bonds is 5. The molecule has 1 aliphatic carbocycles. The molecule has 9 nitrogen and oxygen atoms in total. The van der Waals surface area contributed by atoms with Crippen LogP contribution < -0.4 is 5.32 Å². The normalized spacial score (nSPS) is 27.5. The molecule has 1 amide bonds. The fourth-order valence-corrected chi connectivity index (χ4v) is 4.15. The van der Waals surface area contributed by atoms with Crippen molar-refractivity contribution in [3.63, 3.8) is 0 Å². The van der Waals surface area contributed by atoms with Crippen molar-refractivity contribution in [3.8, 4) is 0 Å². The predicted octanol–water partition coefficient (Wildman–Crippen LogP) is 3.52. The summed E-state index contributed by atoms with van der Waals surface area (Å²) in [4.78, 5) is 50.5. The van der Waals surface area contributed by atoms with Gasteiger partial charge >= 0.3 is 24.0 Å². The van der Waals surface area contributed by atoms with Crippen LogP contribution in [0.2, 0.25) is 0 Å². The molecular formula is C24H39NO8. The monoisotopic (exact) mass is 469 g/mol. The summed E-state index contributed by atoms with van der Waals surface area (Å²) in [5.74, 6) is -2.71. The van der Waals surface area contributed by atoms with E-state index in [0.717, 1.165) is 25.7 Å². The van der Waals surface area contributed by atoms with Gasteiger partial charge in [-0.2, -0.15) is 0 Å². The van der Waals surface area contributed by atoms with Crippen molar-refractivity contribution in [2.75, 3.05) is 6.61 Å². The quantitative estimate of drug-likeness (QED) is 0.480. The number of nitrogens with one attached hydrogen (secondary N) is 1. The Labute approximate surface area is 196 Å². The van der Waals surface area contributed by atoms with Crippen LogP contribution in [-0.4, -0.2) is 54.5 Å². The zero-order valence-corrected chi connectivity index (χ0v) is 20.7. The smallest absolute Gasteiger partial charge is 0.408 e. The summed E-state index contributed by atoms with van der Waals surface area (Å²) in [5, 5.41) is 2.41. The van der Waals surface area contributed by atoms with Crippen molar-refractivity contribution >= 4 is 24.0 Å². The Morgan fingerprint density at radius 1 is 1.09 bits per heavy atom. The molecule has 1 saturated carbocycles. The van der Waals surface area contributed by atoms with E-state index in [0.29, 0.717) is 12.3 Å². The van der Waals surface area contributed by atoms with Gasteiger partial charge in [-0.15, -0.1) is 0 Å². The largest absolute Gasteiger partial charge is 0.463 e. The summed E-state index contributed by atoms with van der Waals surface area (Å²) >= 11 is 0. The maximum Gasteiger partial charge on any atom is 0.408 e. The van der Waals surface area contributed by atoms with E-state index in [4.69, 9.17) is 18.9 Å². The molecule has 2 rings (SSSR count). The third kappa shape index (κ3) is 8.51. The Balaban J connectivity index is 2.24. The van der Waals surface area contributed by atoms with Crippen LogP contribution in [0.15, 0.2) is 0 Å². The molecule has 0 aromatic rings. The van der Waals surface area contributed by atoms with E-state index in [1.807, 2.05) is 0 Å². The summed E-state index contributed by atoms with van der Waals surface area (Å²) < 4.78 is 21.9. The number of carbonyl (C=O) groups excluding carboxylic acids is 4. The summed E-state index contributed by atoms with van der Waals surface area (Å²) in [7, 11) is 0. The summed E-state index contributed by atoms with van der Waals surface area (Å²) in [6.45, 7) is 9.68. The van der Waals surface area contributed by atoms with Crippen molar-refractivity contribution in [1.82, 2.24) is 5.32 Å². The minimum atomic E-state index is -1.24. The molecule has 0 radical (unpaired) electrons. The highest BCUT2D eigenvalue weighted by molar-refractivity contribution is 5.83. The first-order valence-electron chi connectivity index (χ1n) is 11.9. The molecule has 188 valence electrons. The average Bonchev–Trinajstić information content (AvgIpc) is 2.74. The Morgan fingerprint density at radius 3 is 2.30 bits per heavy atom. The lowest BCUT2D eigenvalue weighted by Gasteiger charge is -2.32. The van der Waals surface area contributed by atoms with Crippen molar-refractivity contribution in [1.29, 1.82) is 0 Å². The van der Waals surface area contributed by atoms with Crippen LogP contribution in [-0.2, 0) is 33.3 Å². The van der Waals surface area contributed by atoms with Gasteiger partial charge in [-0.1, -0.05) is 46.0 Å². The van der Waals surface area contributed by atoms with Crippen LogP contribution in [0.5, 0.6) is 0 Å². The second-order valence-electron chi connectivity index (χ2n) is 10.4. The van der Waals surface area contributed by atoms with Gasteiger partial charge in [0.2, 0.25) is 0 Å². The van der Waals surface area contributed by atoms with Gasteiger partial charge in [0.05, 0.1) is 11.8 Å². The number of carbonyl (C=O) groups is 4. The molecule has 1 heterocycles. The second kappa shape index (κ2) is 11.7. The predicted molar refractivity (Wildman–Crippen MR) is 119 cm³/mol. The number of ether oxygens (including phenoxy) is 4. The van der Waals surface area contributed by atoms with Crippen LogP contribution in [0.3, 0.4) is 0 Å². The first-order chi connectivity index (χ1) is 15.4. The van der Waals surface area contributed by atoms with Gasteiger partial charge in [-0.3, -0.25) is 9.59 Å². The highest BCUT2D eigenvalue weighted by Gasteiger charge is 2.43. The highest BCUT2D eigenvalue weighted by Crippen LogP contribution is 2.33. The van der Waals surface area contributed by atoms with Gasteiger partial charge in [0.15, 0.2) is 12.1 Å². The number of esters is 3. The lowest BCUT2D eigenvalue weighted by Crippen LogP contribution is -2.48. The number of hydrogen-bond acceptors (Lipinski definition) is 8. The van der Waals surface area contributed by atoms with Crippen LogP contribution in [0.4, 0.5) is 4.79 Å². The SMILES string of the molecule is CC(C)C(=O)O[C@H]1[C@H](C)OC(=O)[C@@H](NC(=O)OC(C)(C)C)COC(=O)[C@@H]1CC1CCCCC1. The van der Waals surface area contributed by atoms with E-state index < -0.39 is 66.3 Å². The van der Waals surface area contributed by atoms with Crippen LogP contribution in [0.1, 0.15) is 80.1 Å². The van der Waals surface area contributed by atoms with Crippen molar-refractivity contribution in [2.45, 2.75) is 104 Å². The molecule has 4 atom stereocenters. The first kappa shape index (κ1) is 26.9. The molecule has 33 heavy (non-hydrogen) atoms. The fourth-order valence-electron chi connectivity index (χ4n) is 4.15. The molecule has 0 aromatic heterocycles. The topological polar surface area (TPSA) is 117 Å². The molecule has 0 unspecified atom stereocenters. The van der Waals surface area contributed by atoms with E-state index >= 15 is 0 Å². The molecule has 1 saturated heterocycles. The maximum atomic E-state index is 13.1. The molecule has 2 fully saturated rings. The zero-order chi connectivity index (χ0) is 24.8. The van der Waals surface area contributed by atoms with E-state index in [1.54, 1.807) is 41.5 Å². The molecule has 2 aliphatic rings. The molecular weight excluding hydrogens is 430 g/mol. The molecule has 0 spiro atoms. The lowest BCUT2D eigenvalue weighted by molar-refractivity contribution is -0.177. The van der Waals surface area contributed by atoms with Gasteiger partial charge in [0.1, 0.15) is 18.3 Å². The van der Waals surface area contributed by atoms with Crippen LogP contribution in [0, 0.1) is 17.8 Å². The van der Waals surface area contributed by atoms with Gasteiger partial charge in [0, 0.05) is 0 Å². The number of alkyl carbamates (subject to hydrolysis) is 1. The molecule has 1 N–H and O–H groups in total. The summed E-state index contributed by atoms with van der Waals surface area (Å²) in [6, 6.07) is -1.24. The Bertz CT molecular complexity index is 708. The molecule has 0 aromatic carbocycles. The standard InChI is InChI=1S/C24H39NO8/c1-14(2)20(26)32-19-15(3)31-22(28)18(25-23(29)33-24(4,5)6)13-30-21(27)17(19)12-16-10-8-7-9-11-16/h14-19H,7-13H2,1-6H3,(H,25,29)/t15-,17+,18-,19-/m0/s1. The van der Waals surface area contributed by atoms with E-state index in [9.17, 15) is 19.2 Å². The zero-order valence-electron chi connectivity index (χ0n) is 20.7. The third-order valence-electron chi connectivity index (χ3n) is 5.87. The Morgan fingerprint density at radius 2 is 1.73 bits per heavy atom. The van der Waals surface area contributed by atoms with Crippen molar-refractivity contribution in [2.24, 2.45) is 17.8 Å². The summed E-state index contributed by atoms with van der Waals surface area (Å²) in [5.41, 5.74) is -0.766. The number of cyclic esters (lactones) is 2. The minimum Gasteiger partial charge on any atom is -0.463 e. The number of amides is 1. The minimum absolute atomic E-state index is 0.302. The van der Waals surface area contributed by atoms with Crippen LogP contribution in [0.25, 0.3) is 0 Å². The second-order valence-corrected chi connectivity index (χ2v) is 10.4. The average molecular weight is 470 g/mol. The fraction of sp³-hybridized carbons (Fsp3) is 0.833. The lowest BCUT2D eigenvalue weighted by atomic mass is 9.80. The molecule has 0 bridgehead atoms. The first-order valence-corrected chi connectivity index (χ1v) is 11.9. The van der Waals surface area contributed by atoms with E-state index in [2.05, 4.69) is 5.32 Å². The number of hydrogen-bond donors (Lipinski definition) is 1. The molecule has 1 aliphatic heterocycles. The van der Waals surface area contributed by atoms with E-state index in [1.165, 1.54) is 6.42 Å². The van der Waals surface area contributed by atoms with Crippen molar-refractivity contribution in [3.05, 3.63) is 0 Å². The van der Waals surface area contributed by atoms with Crippen molar-refractivity contribution < 1.29 is 38.1 Å².